The lowest BCUT2D eigenvalue weighted by Gasteiger charge is -2.24. The van der Waals surface area contributed by atoms with Gasteiger partial charge in [-0.3, -0.25) is 4.79 Å². The number of nitrogens with zero attached hydrogens (tertiary/aromatic N) is 1. The van der Waals surface area contributed by atoms with Crippen LogP contribution in [0, 0.1) is 0 Å². The molecule has 0 aliphatic heterocycles. The summed E-state index contributed by atoms with van der Waals surface area (Å²) in [6.07, 6.45) is 1.79. The molecule has 3 rings (SSSR count). The van der Waals surface area contributed by atoms with Gasteiger partial charge in [0.2, 0.25) is 10.0 Å². The van der Waals surface area contributed by atoms with E-state index in [9.17, 15) is 13.2 Å². The summed E-state index contributed by atoms with van der Waals surface area (Å²) in [7, 11) is 0.714. The Morgan fingerprint density at radius 3 is 2.25 bits per heavy atom. The molecule has 1 N–H and O–H groups in total. The van der Waals surface area contributed by atoms with Crippen LogP contribution >= 0.6 is 0 Å². The number of sulfonamides is 1. The van der Waals surface area contributed by atoms with E-state index in [2.05, 4.69) is 4.72 Å². The number of benzene rings is 2. The number of hydrogen-bond donors (Lipinski definition) is 1. The first kappa shape index (κ1) is 23.9. The number of amides is 1. The Kier molecular flexibility index (Phi) is 7.30. The van der Waals surface area contributed by atoms with Crippen molar-refractivity contribution in [3.05, 3.63) is 47.5 Å². The van der Waals surface area contributed by atoms with Gasteiger partial charge in [-0.05, 0) is 63.1 Å². The van der Waals surface area contributed by atoms with Gasteiger partial charge in [0.15, 0.2) is 0 Å². The first-order valence-corrected chi connectivity index (χ1v) is 11.9. The standard InChI is InChI=1S/C23H30N2O6S/c1-15(2)24-32(27,28)22-13-16(6-10-21(22)31-5)23(26)25(18-7-8-18)14-17-12-19(29-3)9-11-20(17)30-4/h6,9-13,15,18,24H,7-8,14H2,1-5H3. The zero-order valence-corrected chi connectivity index (χ0v) is 19.9. The van der Waals surface area contributed by atoms with Gasteiger partial charge in [-0.25, -0.2) is 13.1 Å². The lowest BCUT2D eigenvalue weighted by atomic mass is 10.1. The highest BCUT2D eigenvalue weighted by molar-refractivity contribution is 7.89. The van der Waals surface area contributed by atoms with Crippen LogP contribution in [0.2, 0.25) is 0 Å². The van der Waals surface area contributed by atoms with E-state index < -0.39 is 10.0 Å². The van der Waals surface area contributed by atoms with Crippen molar-refractivity contribution in [2.24, 2.45) is 0 Å². The van der Waals surface area contributed by atoms with Gasteiger partial charge >= 0.3 is 0 Å². The normalized spacial score (nSPS) is 13.7. The fraction of sp³-hybridized carbons (Fsp3) is 0.435. The van der Waals surface area contributed by atoms with Crippen LogP contribution in [0.15, 0.2) is 41.3 Å². The molecule has 1 aliphatic carbocycles. The lowest BCUT2D eigenvalue weighted by molar-refractivity contribution is 0.0728. The van der Waals surface area contributed by atoms with E-state index in [1.54, 1.807) is 51.2 Å². The van der Waals surface area contributed by atoms with E-state index in [0.29, 0.717) is 18.0 Å². The van der Waals surface area contributed by atoms with Gasteiger partial charge in [-0.15, -0.1) is 0 Å². The Morgan fingerprint density at radius 2 is 1.69 bits per heavy atom. The number of hydrogen-bond acceptors (Lipinski definition) is 6. The van der Waals surface area contributed by atoms with Gasteiger partial charge in [0.1, 0.15) is 22.1 Å². The maximum atomic E-state index is 13.5. The second kappa shape index (κ2) is 9.79. The van der Waals surface area contributed by atoms with E-state index in [0.717, 1.165) is 18.4 Å². The number of methoxy groups -OCH3 is 3. The van der Waals surface area contributed by atoms with Gasteiger partial charge in [0, 0.05) is 23.2 Å². The third-order valence-corrected chi connectivity index (χ3v) is 6.85. The molecule has 0 saturated heterocycles. The summed E-state index contributed by atoms with van der Waals surface area (Å²) in [5.74, 6) is 1.26. The largest absolute Gasteiger partial charge is 0.497 e. The summed E-state index contributed by atoms with van der Waals surface area (Å²) in [6, 6.07) is 9.73. The van der Waals surface area contributed by atoms with Crippen LogP contribution in [0.25, 0.3) is 0 Å². The van der Waals surface area contributed by atoms with Crippen molar-refractivity contribution in [3.8, 4) is 17.2 Å². The van der Waals surface area contributed by atoms with E-state index in [-0.39, 0.29) is 34.2 Å². The number of ether oxygens (including phenoxy) is 3. The number of carbonyl (C=O) groups excluding carboxylic acids is 1. The van der Waals surface area contributed by atoms with Gasteiger partial charge in [0.25, 0.3) is 5.91 Å². The van der Waals surface area contributed by atoms with Crippen LogP contribution in [-0.4, -0.2) is 52.6 Å². The van der Waals surface area contributed by atoms with Gasteiger partial charge in [-0.1, -0.05) is 0 Å². The average Bonchev–Trinajstić information content (AvgIpc) is 3.60. The molecule has 32 heavy (non-hydrogen) atoms. The zero-order chi connectivity index (χ0) is 23.5. The van der Waals surface area contributed by atoms with E-state index in [1.165, 1.54) is 19.2 Å². The Balaban J connectivity index is 1.97. The predicted molar refractivity (Wildman–Crippen MR) is 121 cm³/mol. The van der Waals surface area contributed by atoms with Crippen LogP contribution in [0.1, 0.15) is 42.6 Å². The van der Waals surface area contributed by atoms with Crippen LogP contribution in [0.3, 0.4) is 0 Å². The number of nitrogens with one attached hydrogen (secondary N) is 1. The van der Waals surface area contributed by atoms with Crippen molar-refractivity contribution < 1.29 is 27.4 Å². The minimum atomic E-state index is -3.85. The summed E-state index contributed by atoms with van der Waals surface area (Å²) < 4.78 is 44.2. The fourth-order valence-corrected chi connectivity index (χ4v) is 4.95. The second-order valence-electron chi connectivity index (χ2n) is 7.98. The van der Waals surface area contributed by atoms with Crippen molar-refractivity contribution in [1.82, 2.24) is 9.62 Å². The van der Waals surface area contributed by atoms with Gasteiger partial charge in [0.05, 0.1) is 27.9 Å². The molecule has 1 amide bonds. The molecule has 1 aliphatic rings. The molecule has 0 atom stereocenters. The highest BCUT2D eigenvalue weighted by atomic mass is 32.2. The van der Waals surface area contributed by atoms with Crippen LogP contribution in [-0.2, 0) is 16.6 Å². The molecule has 0 radical (unpaired) electrons. The zero-order valence-electron chi connectivity index (χ0n) is 19.0. The Bertz CT molecular complexity index is 1080. The van der Waals surface area contributed by atoms with E-state index in [4.69, 9.17) is 14.2 Å². The van der Waals surface area contributed by atoms with Crippen LogP contribution < -0.4 is 18.9 Å². The molecule has 0 unspecified atom stereocenters. The quantitative estimate of drug-likeness (QED) is 0.583. The second-order valence-corrected chi connectivity index (χ2v) is 9.67. The smallest absolute Gasteiger partial charge is 0.254 e. The Hall–Kier alpha value is -2.78. The molecule has 9 heteroatoms. The number of rotatable bonds is 10. The minimum absolute atomic E-state index is 0.0609. The van der Waals surface area contributed by atoms with E-state index >= 15 is 0 Å². The predicted octanol–water partition coefficient (Wildman–Crippen LogP) is 3.20. The summed E-state index contributed by atoms with van der Waals surface area (Å²) >= 11 is 0. The fourth-order valence-electron chi connectivity index (χ4n) is 3.50. The van der Waals surface area contributed by atoms with Crippen molar-refractivity contribution in [2.75, 3.05) is 21.3 Å². The molecular formula is C23H30N2O6S. The molecular weight excluding hydrogens is 432 g/mol. The lowest BCUT2D eigenvalue weighted by Crippen LogP contribution is -2.33. The monoisotopic (exact) mass is 462 g/mol. The van der Waals surface area contributed by atoms with Crippen molar-refractivity contribution in [2.45, 2.75) is 50.2 Å². The molecule has 8 nitrogen and oxygen atoms in total. The summed E-state index contributed by atoms with van der Waals surface area (Å²) in [6.45, 7) is 3.78. The van der Waals surface area contributed by atoms with Crippen LogP contribution in [0.5, 0.6) is 17.2 Å². The Morgan fingerprint density at radius 1 is 1.03 bits per heavy atom. The summed E-state index contributed by atoms with van der Waals surface area (Å²) in [5, 5.41) is 0. The molecule has 1 fully saturated rings. The molecule has 2 aromatic rings. The van der Waals surface area contributed by atoms with E-state index in [1.807, 2.05) is 6.07 Å². The van der Waals surface area contributed by atoms with Crippen molar-refractivity contribution in [3.63, 3.8) is 0 Å². The SMILES string of the molecule is COc1ccc(OC)c(CN(C(=O)c2ccc(OC)c(S(=O)(=O)NC(C)C)c2)C2CC2)c1. The molecule has 0 spiro atoms. The maximum absolute atomic E-state index is 13.5. The maximum Gasteiger partial charge on any atom is 0.254 e. The van der Waals surface area contributed by atoms with Crippen LogP contribution in [0.4, 0.5) is 0 Å². The third kappa shape index (κ3) is 5.34. The number of carbonyl (C=O) groups is 1. The molecule has 0 aromatic heterocycles. The first-order chi connectivity index (χ1) is 15.2. The molecule has 0 heterocycles. The van der Waals surface area contributed by atoms with Crippen molar-refractivity contribution >= 4 is 15.9 Å². The Labute approximate surface area is 189 Å². The first-order valence-electron chi connectivity index (χ1n) is 10.4. The molecule has 0 bridgehead atoms. The molecule has 2 aromatic carbocycles. The minimum Gasteiger partial charge on any atom is -0.497 e. The molecule has 1 saturated carbocycles. The average molecular weight is 463 g/mol. The topological polar surface area (TPSA) is 94.2 Å². The van der Waals surface area contributed by atoms with Gasteiger partial charge < -0.3 is 19.1 Å². The van der Waals surface area contributed by atoms with Gasteiger partial charge in [-0.2, -0.15) is 0 Å². The highest BCUT2D eigenvalue weighted by Gasteiger charge is 2.34. The third-order valence-electron chi connectivity index (χ3n) is 5.17. The highest BCUT2D eigenvalue weighted by Crippen LogP contribution is 2.34. The summed E-state index contributed by atoms with van der Waals surface area (Å²) in [4.78, 5) is 15.2. The molecule has 174 valence electrons. The summed E-state index contributed by atoms with van der Waals surface area (Å²) in [5.41, 5.74) is 1.10. The van der Waals surface area contributed by atoms with Crippen molar-refractivity contribution in [1.29, 1.82) is 0 Å².